The van der Waals surface area contributed by atoms with Gasteiger partial charge in [-0.05, 0) is 30.6 Å². The van der Waals surface area contributed by atoms with E-state index in [1.807, 2.05) is 27.7 Å². The van der Waals surface area contributed by atoms with Gasteiger partial charge in [-0.3, -0.25) is 9.59 Å². The van der Waals surface area contributed by atoms with Crippen LogP contribution in [0.1, 0.15) is 48.0 Å². The lowest BCUT2D eigenvalue weighted by atomic mass is 9.78. The summed E-state index contributed by atoms with van der Waals surface area (Å²) in [5.74, 6) is -1.36. The van der Waals surface area contributed by atoms with Gasteiger partial charge < -0.3 is 10.0 Å². The average molecular weight is 269 g/mol. The van der Waals surface area contributed by atoms with Crippen molar-refractivity contribution in [1.82, 2.24) is 4.90 Å². The first-order valence-electron chi connectivity index (χ1n) is 7.09. The summed E-state index contributed by atoms with van der Waals surface area (Å²) in [6.45, 7) is 12.4. The molecule has 1 heterocycles. The van der Waals surface area contributed by atoms with Crippen molar-refractivity contribution in [2.24, 2.45) is 23.2 Å². The molecule has 1 aliphatic heterocycles. The Morgan fingerprint density at radius 2 is 1.74 bits per heavy atom. The molecule has 0 saturated carbocycles. The lowest BCUT2D eigenvalue weighted by molar-refractivity contribution is -0.159. The van der Waals surface area contributed by atoms with Crippen molar-refractivity contribution in [3.63, 3.8) is 0 Å². The average Bonchev–Trinajstić information content (AvgIpc) is 2.20. The molecular formula is C15H27NO3. The minimum Gasteiger partial charge on any atom is -0.481 e. The Morgan fingerprint density at radius 1 is 1.21 bits per heavy atom. The van der Waals surface area contributed by atoms with E-state index in [0.717, 1.165) is 6.42 Å². The molecule has 1 rings (SSSR count). The highest BCUT2D eigenvalue weighted by molar-refractivity contribution is 5.98. The van der Waals surface area contributed by atoms with Crippen LogP contribution in [0.25, 0.3) is 0 Å². The molecule has 0 aromatic rings. The maximum atomic E-state index is 12.6. The monoisotopic (exact) mass is 269 g/mol. The number of amides is 1. The van der Waals surface area contributed by atoms with Crippen LogP contribution < -0.4 is 0 Å². The molecule has 1 aliphatic rings. The molecule has 4 nitrogen and oxygen atoms in total. The number of carbonyl (C=O) groups is 2. The van der Waals surface area contributed by atoms with Crippen molar-refractivity contribution in [3.05, 3.63) is 0 Å². The van der Waals surface area contributed by atoms with Gasteiger partial charge in [0, 0.05) is 12.6 Å². The van der Waals surface area contributed by atoms with E-state index in [-0.39, 0.29) is 11.9 Å². The largest absolute Gasteiger partial charge is 0.481 e. The molecule has 4 unspecified atom stereocenters. The van der Waals surface area contributed by atoms with Crippen LogP contribution in [0.5, 0.6) is 0 Å². The van der Waals surface area contributed by atoms with Crippen LogP contribution in [-0.4, -0.2) is 34.5 Å². The van der Waals surface area contributed by atoms with Crippen LogP contribution in [-0.2, 0) is 9.59 Å². The van der Waals surface area contributed by atoms with E-state index >= 15 is 0 Å². The summed E-state index contributed by atoms with van der Waals surface area (Å²) < 4.78 is 0. The van der Waals surface area contributed by atoms with Crippen molar-refractivity contribution in [3.8, 4) is 0 Å². The zero-order valence-corrected chi connectivity index (χ0v) is 12.9. The summed E-state index contributed by atoms with van der Waals surface area (Å²) in [6.07, 6.45) is 1.10. The molecule has 110 valence electrons. The molecule has 0 aliphatic carbocycles. The molecule has 0 spiro atoms. The van der Waals surface area contributed by atoms with E-state index in [1.165, 1.54) is 0 Å². The molecule has 0 bridgehead atoms. The molecule has 0 aromatic carbocycles. The lowest BCUT2D eigenvalue weighted by Gasteiger charge is -2.43. The molecule has 1 amide bonds. The molecule has 4 atom stereocenters. The van der Waals surface area contributed by atoms with Crippen LogP contribution in [0.15, 0.2) is 0 Å². The SMILES string of the molecule is CC1CC(C)C(C)N(C(=O)C(C(=O)O)C(C)(C)C)C1. The summed E-state index contributed by atoms with van der Waals surface area (Å²) in [4.78, 5) is 25.9. The molecule has 1 saturated heterocycles. The van der Waals surface area contributed by atoms with E-state index in [9.17, 15) is 14.7 Å². The third-order valence-electron chi connectivity index (χ3n) is 4.24. The number of aliphatic carboxylic acids is 1. The Morgan fingerprint density at radius 3 is 2.16 bits per heavy atom. The second-order valence-electron chi connectivity index (χ2n) is 7.19. The van der Waals surface area contributed by atoms with Crippen LogP contribution in [0.4, 0.5) is 0 Å². The van der Waals surface area contributed by atoms with E-state index in [2.05, 4.69) is 13.8 Å². The Kier molecular flexibility index (Phi) is 4.64. The molecule has 1 N–H and O–H groups in total. The maximum Gasteiger partial charge on any atom is 0.316 e. The van der Waals surface area contributed by atoms with Gasteiger partial charge in [-0.15, -0.1) is 0 Å². The fraction of sp³-hybridized carbons (Fsp3) is 0.867. The number of hydrogen-bond donors (Lipinski definition) is 1. The lowest BCUT2D eigenvalue weighted by Crippen LogP contribution is -2.54. The van der Waals surface area contributed by atoms with Gasteiger partial charge in [-0.25, -0.2) is 0 Å². The van der Waals surface area contributed by atoms with Crippen molar-refractivity contribution >= 4 is 11.9 Å². The summed E-state index contributed by atoms with van der Waals surface area (Å²) in [6, 6.07) is 0.118. The van der Waals surface area contributed by atoms with Gasteiger partial charge in [0.2, 0.25) is 5.91 Å². The summed E-state index contributed by atoms with van der Waals surface area (Å²) in [5.41, 5.74) is -0.563. The number of likely N-dealkylation sites (tertiary alicyclic amines) is 1. The third-order valence-corrected chi connectivity index (χ3v) is 4.24. The van der Waals surface area contributed by atoms with Crippen LogP contribution in [0, 0.1) is 23.2 Å². The normalized spacial score (nSPS) is 30.0. The Bertz CT molecular complexity index is 359. The smallest absolute Gasteiger partial charge is 0.316 e. The molecule has 0 radical (unpaired) electrons. The number of rotatable bonds is 2. The topological polar surface area (TPSA) is 57.6 Å². The van der Waals surface area contributed by atoms with E-state index < -0.39 is 17.3 Å². The minimum atomic E-state index is -1.02. The number of carboxylic acid groups (broad SMARTS) is 1. The number of nitrogens with zero attached hydrogens (tertiary/aromatic N) is 1. The highest BCUT2D eigenvalue weighted by atomic mass is 16.4. The Hall–Kier alpha value is -1.06. The van der Waals surface area contributed by atoms with Crippen molar-refractivity contribution in [1.29, 1.82) is 0 Å². The second-order valence-corrected chi connectivity index (χ2v) is 7.19. The fourth-order valence-corrected chi connectivity index (χ4v) is 3.02. The number of hydrogen-bond acceptors (Lipinski definition) is 2. The van der Waals surface area contributed by atoms with Crippen molar-refractivity contribution < 1.29 is 14.7 Å². The Balaban J connectivity index is 2.99. The molecule has 0 aromatic heterocycles. The first kappa shape index (κ1) is 16.0. The molecule has 4 heteroatoms. The predicted octanol–water partition coefficient (Wildman–Crippen LogP) is 2.63. The number of carbonyl (C=O) groups excluding carboxylic acids is 1. The summed E-state index contributed by atoms with van der Waals surface area (Å²) in [5, 5.41) is 9.38. The van der Waals surface area contributed by atoms with Gasteiger partial charge in [0.15, 0.2) is 0 Å². The maximum absolute atomic E-state index is 12.6. The van der Waals surface area contributed by atoms with Gasteiger partial charge in [0.25, 0.3) is 0 Å². The number of piperidine rings is 1. The zero-order chi connectivity index (χ0) is 15.0. The van der Waals surface area contributed by atoms with Gasteiger partial charge in [0.1, 0.15) is 5.92 Å². The van der Waals surface area contributed by atoms with E-state index in [0.29, 0.717) is 18.4 Å². The summed E-state index contributed by atoms with van der Waals surface area (Å²) in [7, 11) is 0. The Labute approximate surface area is 116 Å². The van der Waals surface area contributed by atoms with Crippen molar-refractivity contribution in [2.75, 3.05) is 6.54 Å². The highest BCUT2D eigenvalue weighted by Gasteiger charge is 2.43. The quantitative estimate of drug-likeness (QED) is 0.784. The molecule has 1 fully saturated rings. The molecule has 19 heavy (non-hydrogen) atoms. The van der Waals surface area contributed by atoms with Gasteiger partial charge in [-0.1, -0.05) is 34.6 Å². The predicted molar refractivity (Wildman–Crippen MR) is 74.7 cm³/mol. The van der Waals surface area contributed by atoms with Gasteiger partial charge in [0.05, 0.1) is 0 Å². The highest BCUT2D eigenvalue weighted by Crippen LogP contribution is 2.33. The minimum absolute atomic E-state index is 0.118. The van der Waals surface area contributed by atoms with Gasteiger partial charge >= 0.3 is 5.97 Å². The van der Waals surface area contributed by atoms with Crippen LogP contribution >= 0.6 is 0 Å². The van der Waals surface area contributed by atoms with Gasteiger partial charge in [-0.2, -0.15) is 0 Å². The van der Waals surface area contributed by atoms with Crippen molar-refractivity contribution in [2.45, 2.75) is 54.0 Å². The van der Waals surface area contributed by atoms with Crippen LogP contribution in [0.2, 0.25) is 0 Å². The first-order chi connectivity index (χ1) is 8.55. The third kappa shape index (κ3) is 3.48. The fourth-order valence-electron chi connectivity index (χ4n) is 3.02. The van der Waals surface area contributed by atoms with E-state index in [1.54, 1.807) is 4.90 Å². The van der Waals surface area contributed by atoms with E-state index in [4.69, 9.17) is 0 Å². The summed E-state index contributed by atoms with van der Waals surface area (Å²) >= 11 is 0. The van der Waals surface area contributed by atoms with Crippen LogP contribution in [0.3, 0.4) is 0 Å². The number of carboxylic acids is 1. The second kappa shape index (κ2) is 5.51. The zero-order valence-electron chi connectivity index (χ0n) is 12.9. The first-order valence-corrected chi connectivity index (χ1v) is 7.09. The standard InChI is InChI=1S/C15H27NO3/c1-9-7-10(2)11(3)16(8-9)13(17)12(14(18)19)15(4,5)6/h9-12H,7-8H2,1-6H3,(H,18,19). The molecular weight excluding hydrogens is 242 g/mol.